The number of halogens is 2. The Bertz CT molecular complexity index is 478. The van der Waals surface area contributed by atoms with Crippen LogP contribution in [0, 0.1) is 0 Å². The Hall–Kier alpha value is -0.940. The van der Waals surface area contributed by atoms with E-state index in [2.05, 4.69) is 15.9 Å². The quantitative estimate of drug-likeness (QED) is 0.619. The van der Waals surface area contributed by atoms with Crippen LogP contribution < -0.4 is 9.47 Å². The van der Waals surface area contributed by atoms with E-state index in [4.69, 9.17) is 25.8 Å². The fourth-order valence-electron chi connectivity index (χ4n) is 1.75. The Balaban J connectivity index is 2.30. The monoisotopic (exact) mass is 348 g/mol. The summed E-state index contributed by atoms with van der Waals surface area (Å²) in [5.41, 5.74) is 0.622. The van der Waals surface area contributed by atoms with Crippen LogP contribution in [0.1, 0.15) is 24.3 Å². The van der Waals surface area contributed by atoms with Gasteiger partial charge in [0.1, 0.15) is 0 Å². The molecule has 1 atom stereocenters. The maximum atomic E-state index is 11.6. The lowest BCUT2D eigenvalue weighted by molar-refractivity contribution is -0.142. The zero-order valence-electron chi connectivity index (χ0n) is 10.4. The second-order valence-corrected chi connectivity index (χ2v) is 5.29. The van der Waals surface area contributed by atoms with Gasteiger partial charge in [0, 0.05) is 6.42 Å². The number of ether oxygens (including phenoxy) is 3. The number of hydrogen-bond donors (Lipinski definition) is 0. The summed E-state index contributed by atoms with van der Waals surface area (Å²) in [7, 11) is 0. The highest BCUT2D eigenvalue weighted by molar-refractivity contribution is 9.10. The molecule has 0 spiro atoms. The van der Waals surface area contributed by atoms with Gasteiger partial charge in [-0.25, -0.2) is 0 Å². The summed E-state index contributed by atoms with van der Waals surface area (Å²) < 4.78 is 16.8. The van der Waals surface area contributed by atoms with Crippen LogP contribution in [0.3, 0.4) is 0 Å². The lowest BCUT2D eigenvalue weighted by Gasteiger charge is -2.14. The van der Waals surface area contributed by atoms with Crippen molar-refractivity contribution in [2.45, 2.75) is 18.7 Å². The molecule has 0 fully saturated rings. The molecule has 0 N–H and O–H groups in total. The van der Waals surface area contributed by atoms with Crippen molar-refractivity contribution in [3.8, 4) is 11.5 Å². The van der Waals surface area contributed by atoms with E-state index in [9.17, 15) is 4.79 Å². The number of esters is 1. The average molecular weight is 350 g/mol. The van der Waals surface area contributed by atoms with Crippen molar-refractivity contribution in [2.75, 3.05) is 19.8 Å². The number of hydrogen-bond acceptors (Lipinski definition) is 4. The predicted octanol–water partition coefficient (Wildman–Crippen LogP) is 3.45. The number of carbonyl (C=O) groups excluding carboxylic acids is 1. The van der Waals surface area contributed by atoms with Crippen molar-refractivity contribution in [3.63, 3.8) is 0 Å². The van der Waals surface area contributed by atoms with E-state index in [-0.39, 0.29) is 0 Å². The van der Waals surface area contributed by atoms with Gasteiger partial charge in [-0.3, -0.25) is 4.79 Å². The molecule has 1 unspecified atom stereocenters. The normalized spacial score (nSPS) is 15.5. The first-order valence-corrected chi connectivity index (χ1v) is 7.26. The van der Waals surface area contributed by atoms with Gasteiger partial charge in [-0.2, -0.15) is 0 Å². The third-order valence-electron chi connectivity index (χ3n) is 2.61. The smallest absolute Gasteiger partial charge is 0.328 e. The van der Waals surface area contributed by atoms with E-state index in [0.29, 0.717) is 36.9 Å². The van der Waals surface area contributed by atoms with Crippen LogP contribution in [0.25, 0.3) is 0 Å². The topological polar surface area (TPSA) is 44.8 Å². The third kappa shape index (κ3) is 3.34. The standard InChI is InChI=1S/C13H14BrClO4/c1-2-17-13(16)11(15)8-6-9(14)12-10(7-8)18-4-3-5-19-12/h6-7,11H,2-5H2,1H3. The Morgan fingerprint density at radius 2 is 2.21 bits per heavy atom. The van der Waals surface area contributed by atoms with Crippen LogP contribution in [0.4, 0.5) is 0 Å². The lowest BCUT2D eigenvalue weighted by atomic mass is 10.1. The Kier molecular flexibility index (Phi) is 4.93. The van der Waals surface area contributed by atoms with Gasteiger partial charge in [0.25, 0.3) is 0 Å². The summed E-state index contributed by atoms with van der Waals surface area (Å²) in [6.45, 7) is 3.22. The first-order valence-electron chi connectivity index (χ1n) is 6.03. The Morgan fingerprint density at radius 3 is 2.95 bits per heavy atom. The van der Waals surface area contributed by atoms with Crippen molar-refractivity contribution in [1.29, 1.82) is 0 Å². The minimum atomic E-state index is -0.853. The molecule has 1 aliphatic rings. The average Bonchev–Trinajstić information content (AvgIpc) is 2.63. The van der Waals surface area contributed by atoms with Gasteiger partial charge in [-0.1, -0.05) is 0 Å². The number of fused-ring (bicyclic) bond motifs is 1. The fourth-order valence-corrected chi connectivity index (χ4v) is 2.51. The van der Waals surface area contributed by atoms with Crippen molar-refractivity contribution >= 4 is 33.5 Å². The number of benzene rings is 1. The Labute approximate surface area is 125 Å². The van der Waals surface area contributed by atoms with Gasteiger partial charge in [-0.15, -0.1) is 11.6 Å². The molecule has 0 aliphatic carbocycles. The van der Waals surface area contributed by atoms with Gasteiger partial charge in [0.05, 0.1) is 24.3 Å². The molecule has 0 aromatic heterocycles. The van der Waals surface area contributed by atoms with Crippen LogP contribution in [0.5, 0.6) is 11.5 Å². The zero-order valence-corrected chi connectivity index (χ0v) is 12.8. The maximum Gasteiger partial charge on any atom is 0.328 e. The van der Waals surface area contributed by atoms with Crippen LogP contribution in [0.2, 0.25) is 0 Å². The lowest BCUT2D eigenvalue weighted by Crippen LogP contribution is -2.11. The molecule has 19 heavy (non-hydrogen) atoms. The summed E-state index contributed by atoms with van der Waals surface area (Å²) >= 11 is 9.51. The van der Waals surface area contributed by atoms with Gasteiger partial charge >= 0.3 is 5.97 Å². The molecule has 2 rings (SSSR count). The highest BCUT2D eigenvalue weighted by atomic mass is 79.9. The van der Waals surface area contributed by atoms with E-state index < -0.39 is 11.3 Å². The Morgan fingerprint density at radius 1 is 1.47 bits per heavy atom. The van der Waals surface area contributed by atoms with Crippen LogP contribution in [-0.2, 0) is 9.53 Å². The zero-order chi connectivity index (χ0) is 13.8. The second kappa shape index (κ2) is 6.48. The molecular formula is C13H14BrClO4. The predicted molar refractivity (Wildman–Crippen MR) is 75.0 cm³/mol. The molecule has 1 heterocycles. The van der Waals surface area contributed by atoms with Crippen molar-refractivity contribution in [1.82, 2.24) is 0 Å². The first kappa shape index (κ1) is 14.5. The van der Waals surface area contributed by atoms with Crippen molar-refractivity contribution in [2.24, 2.45) is 0 Å². The van der Waals surface area contributed by atoms with Gasteiger partial charge in [-0.05, 0) is 40.5 Å². The number of carbonyl (C=O) groups is 1. The summed E-state index contributed by atoms with van der Waals surface area (Å²) in [4.78, 5) is 11.6. The molecule has 4 nitrogen and oxygen atoms in total. The molecule has 0 saturated carbocycles. The van der Waals surface area contributed by atoms with Crippen LogP contribution >= 0.6 is 27.5 Å². The molecule has 0 amide bonds. The van der Waals surface area contributed by atoms with E-state index in [1.54, 1.807) is 19.1 Å². The second-order valence-electron chi connectivity index (χ2n) is 4.00. The van der Waals surface area contributed by atoms with E-state index in [0.717, 1.165) is 10.9 Å². The van der Waals surface area contributed by atoms with Crippen molar-refractivity contribution in [3.05, 3.63) is 22.2 Å². The SMILES string of the molecule is CCOC(=O)C(Cl)c1cc(Br)c2c(c1)OCCCO2. The largest absolute Gasteiger partial charge is 0.490 e. The summed E-state index contributed by atoms with van der Waals surface area (Å²) in [5, 5.41) is -0.853. The van der Waals surface area contributed by atoms with Crippen LogP contribution in [0.15, 0.2) is 16.6 Å². The molecule has 6 heteroatoms. The van der Waals surface area contributed by atoms with Gasteiger partial charge in [0.2, 0.25) is 0 Å². The molecule has 104 valence electrons. The van der Waals surface area contributed by atoms with Crippen LogP contribution in [-0.4, -0.2) is 25.8 Å². The minimum absolute atomic E-state index is 0.299. The number of alkyl halides is 1. The minimum Gasteiger partial charge on any atom is -0.490 e. The summed E-state index contributed by atoms with van der Waals surface area (Å²) in [6, 6.07) is 3.47. The first-order chi connectivity index (χ1) is 9.13. The summed E-state index contributed by atoms with van der Waals surface area (Å²) in [5.74, 6) is 0.774. The molecular weight excluding hydrogens is 335 g/mol. The van der Waals surface area contributed by atoms with Gasteiger partial charge in [0.15, 0.2) is 16.9 Å². The highest BCUT2D eigenvalue weighted by Crippen LogP contribution is 2.40. The highest BCUT2D eigenvalue weighted by Gasteiger charge is 2.23. The van der Waals surface area contributed by atoms with Gasteiger partial charge < -0.3 is 14.2 Å². The molecule has 0 bridgehead atoms. The maximum absolute atomic E-state index is 11.6. The molecule has 1 aromatic rings. The third-order valence-corrected chi connectivity index (χ3v) is 3.63. The molecule has 0 radical (unpaired) electrons. The summed E-state index contributed by atoms with van der Waals surface area (Å²) in [6.07, 6.45) is 0.818. The van der Waals surface area contributed by atoms with E-state index in [1.807, 2.05) is 0 Å². The molecule has 0 saturated heterocycles. The van der Waals surface area contributed by atoms with E-state index >= 15 is 0 Å². The number of rotatable bonds is 3. The molecule has 1 aromatic carbocycles. The molecule has 1 aliphatic heterocycles. The van der Waals surface area contributed by atoms with Crippen molar-refractivity contribution < 1.29 is 19.0 Å². The van der Waals surface area contributed by atoms with E-state index in [1.165, 1.54) is 0 Å². The fraction of sp³-hybridized carbons (Fsp3) is 0.462.